The molecule has 8 nitrogen and oxygen atoms in total. The molecule has 3 heterocycles. The number of fused-ring (bicyclic) bond motifs is 1. The fraction of sp³-hybridized carbons (Fsp3) is 0.278. The lowest BCUT2D eigenvalue weighted by Gasteiger charge is -2.29. The van der Waals surface area contributed by atoms with E-state index < -0.39 is 17.3 Å². The van der Waals surface area contributed by atoms with Crippen LogP contribution in [-0.2, 0) is 10.3 Å². The van der Waals surface area contributed by atoms with E-state index >= 15 is 0 Å². The van der Waals surface area contributed by atoms with Crippen LogP contribution < -0.4 is 11.1 Å². The number of halogens is 1. The van der Waals surface area contributed by atoms with Crippen molar-refractivity contribution in [2.75, 3.05) is 5.32 Å². The minimum absolute atomic E-state index is 0.00803. The number of amidine groups is 1. The molecule has 0 radical (unpaired) electrons. The summed E-state index contributed by atoms with van der Waals surface area (Å²) in [6.07, 6.45) is 1.93. The molecule has 4 rings (SSSR count). The zero-order valence-corrected chi connectivity index (χ0v) is 14.3. The number of hydrogen-bond acceptors (Lipinski definition) is 7. The number of hydrogen-bond donors (Lipinski definition) is 2. The molecule has 0 bridgehead atoms. The number of aliphatic imine (C=N–C) groups is 1. The number of nitrogens with one attached hydrogen (secondary N) is 1. The number of carbonyl (C=O) groups is 1. The molecule has 136 valence electrons. The largest absolute Gasteiger partial charge is 0.462 e. The summed E-state index contributed by atoms with van der Waals surface area (Å²) in [5.74, 6) is -0.899. The molecule has 3 atom stereocenters. The summed E-state index contributed by atoms with van der Waals surface area (Å²) in [4.78, 5) is 24.8. The number of pyridine rings is 2. The Morgan fingerprint density at radius 2 is 2.26 bits per heavy atom. The molecule has 0 aromatic carbocycles. The Labute approximate surface area is 153 Å². The number of nitrogens with two attached hydrogens (primary N) is 1. The average Bonchev–Trinajstić information content (AvgIpc) is 3.43. The Hall–Kier alpha value is -3.54. The van der Waals surface area contributed by atoms with Crippen LogP contribution in [0.1, 0.15) is 35.1 Å². The molecular formula is C18H15FN6O2. The van der Waals surface area contributed by atoms with Crippen LogP contribution in [0.5, 0.6) is 0 Å². The Kier molecular flexibility index (Phi) is 3.77. The number of ether oxygens (including phenoxy) is 1. The number of carbonyl (C=O) groups excluding carboxylic acids is 1. The highest BCUT2D eigenvalue weighted by Crippen LogP contribution is 2.52. The molecule has 9 heteroatoms. The number of aromatic nitrogens is 2. The molecule has 0 unspecified atom stereocenters. The second-order valence-corrected chi connectivity index (χ2v) is 6.62. The van der Waals surface area contributed by atoms with Gasteiger partial charge in [0.05, 0.1) is 5.56 Å². The zero-order valence-electron chi connectivity index (χ0n) is 14.3. The quantitative estimate of drug-likeness (QED) is 0.851. The van der Waals surface area contributed by atoms with E-state index in [1.807, 2.05) is 6.07 Å². The number of anilines is 1. The first-order valence-electron chi connectivity index (χ1n) is 8.27. The molecule has 2 aromatic rings. The van der Waals surface area contributed by atoms with Gasteiger partial charge in [0.2, 0.25) is 0 Å². The maximum Gasteiger partial charge on any atom is 0.283 e. The van der Waals surface area contributed by atoms with E-state index in [1.54, 1.807) is 6.92 Å². The maximum absolute atomic E-state index is 14.5. The first-order valence-corrected chi connectivity index (χ1v) is 8.27. The van der Waals surface area contributed by atoms with Crippen molar-refractivity contribution in [1.82, 2.24) is 9.97 Å². The summed E-state index contributed by atoms with van der Waals surface area (Å²) < 4.78 is 19.9. The lowest BCUT2D eigenvalue weighted by molar-refractivity contribution is 0.102. The molecule has 1 amide bonds. The van der Waals surface area contributed by atoms with Crippen molar-refractivity contribution >= 4 is 17.7 Å². The number of nitrogens with zero attached hydrogens (tertiary/aromatic N) is 4. The first kappa shape index (κ1) is 16.9. The van der Waals surface area contributed by atoms with Crippen molar-refractivity contribution in [2.24, 2.45) is 16.6 Å². The number of amides is 1. The summed E-state index contributed by atoms with van der Waals surface area (Å²) in [6, 6.07) is 7.44. The van der Waals surface area contributed by atoms with Gasteiger partial charge in [-0.15, -0.1) is 0 Å². The third-order valence-electron chi connectivity index (χ3n) is 4.76. The first-order chi connectivity index (χ1) is 12.9. The van der Waals surface area contributed by atoms with Crippen LogP contribution in [0.15, 0.2) is 35.5 Å². The van der Waals surface area contributed by atoms with Gasteiger partial charge in [-0.25, -0.2) is 19.4 Å². The highest BCUT2D eigenvalue weighted by atomic mass is 19.1. The number of nitriles is 1. The van der Waals surface area contributed by atoms with Crippen molar-refractivity contribution in [1.29, 1.82) is 5.26 Å². The van der Waals surface area contributed by atoms with Gasteiger partial charge in [0, 0.05) is 12.1 Å². The number of rotatable bonds is 3. The Morgan fingerprint density at radius 3 is 2.96 bits per heavy atom. The molecule has 1 fully saturated rings. The Morgan fingerprint density at radius 1 is 1.44 bits per heavy atom. The van der Waals surface area contributed by atoms with Crippen LogP contribution in [0, 0.1) is 23.1 Å². The summed E-state index contributed by atoms with van der Waals surface area (Å²) >= 11 is 0. The molecule has 27 heavy (non-hydrogen) atoms. The van der Waals surface area contributed by atoms with Gasteiger partial charge in [-0.05, 0) is 37.6 Å². The van der Waals surface area contributed by atoms with E-state index in [0.717, 1.165) is 0 Å². The van der Waals surface area contributed by atoms with E-state index in [4.69, 9.17) is 15.7 Å². The van der Waals surface area contributed by atoms with Crippen molar-refractivity contribution < 1.29 is 13.9 Å². The normalized spacial score (nSPS) is 25.4. The topological polar surface area (TPSA) is 126 Å². The standard InChI is InChI=1S/C18H15FN6O2/c1-18(10-6-13(10)27-17(21)25-18)15-11(19)3-5-14(23-15)24-16(26)12-4-2-9(7-20)8-22-12/h2-5,8,10,13H,6H2,1H3,(H2,21,25)(H,23,24,26)/t10-,13+,18+/m1/s1. The fourth-order valence-electron chi connectivity index (χ4n) is 3.26. The molecule has 2 aromatic heterocycles. The molecule has 1 aliphatic heterocycles. The maximum atomic E-state index is 14.5. The van der Waals surface area contributed by atoms with Gasteiger partial charge in [-0.2, -0.15) is 5.26 Å². The van der Waals surface area contributed by atoms with Crippen LogP contribution in [-0.4, -0.2) is 28.0 Å². The summed E-state index contributed by atoms with van der Waals surface area (Å²) in [5, 5.41) is 11.4. The van der Waals surface area contributed by atoms with Crippen LogP contribution >= 0.6 is 0 Å². The highest BCUT2D eigenvalue weighted by Gasteiger charge is 2.58. The minimum Gasteiger partial charge on any atom is -0.462 e. The van der Waals surface area contributed by atoms with Crippen LogP contribution in [0.4, 0.5) is 10.2 Å². The van der Waals surface area contributed by atoms with Gasteiger partial charge in [0.1, 0.15) is 40.7 Å². The summed E-state index contributed by atoms with van der Waals surface area (Å²) in [5.41, 5.74) is 5.32. The van der Waals surface area contributed by atoms with Gasteiger partial charge in [-0.1, -0.05) is 0 Å². The lowest BCUT2D eigenvalue weighted by atomic mass is 9.90. The molecule has 1 saturated carbocycles. The smallest absolute Gasteiger partial charge is 0.283 e. The SMILES string of the molecule is C[C@]1(c2nc(NC(=O)c3ccc(C#N)cn3)ccc2F)N=C(N)O[C@H]2C[C@H]21. The van der Waals surface area contributed by atoms with Crippen LogP contribution in [0.3, 0.4) is 0 Å². The summed E-state index contributed by atoms with van der Waals surface area (Å²) in [6.45, 7) is 1.76. The van der Waals surface area contributed by atoms with Gasteiger partial charge in [0.25, 0.3) is 11.9 Å². The van der Waals surface area contributed by atoms with E-state index in [-0.39, 0.29) is 35.2 Å². The molecule has 1 aliphatic carbocycles. The van der Waals surface area contributed by atoms with Crippen molar-refractivity contribution in [2.45, 2.75) is 25.0 Å². The fourth-order valence-corrected chi connectivity index (χ4v) is 3.26. The van der Waals surface area contributed by atoms with Gasteiger partial charge >= 0.3 is 0 Å². The van der Waals surface area contributed by atoms with E-state index in [2.05, 4.69) is 20.3 Å². The Bertz CT molecular complexity index is 1000. The predicted octanol–water partition coefficient (Wildman–Crippen LogP) is 1.69. The zero-order chi connectivity index (χ0) is 19.2. The van der Waals surface area contributed by atoms with Gasteiger partial charge in [0.15, 0.2) is 0 Å². The van der Waals surface area contributed by atoms with Crippen LogP contribution in [0.25, 0.3) is 0 Å². The van der Waals surface area contributed by atoms with Crippen molar-refractivity contribution in [3.63, 3.8) is 0 Å². The van der Waals surface area contributed by atoms with Gasteiger partial charge in [-0.3, -0.25) is 4.79 Å². The van der Waals surface area contributed by atoms with Crippen molar-refractivity contribution in [3.8, 4) is 6.07 Å². The second kappa shape index (κ2) is 6.02. The monoisotopic (exact) mass is 366 g/mol. The predicted molar refractivity (Wildman–Crippen MR) is 93.1 cm³/mol. The molecule has 3 N–H and O–H groups in total. The highest BCUT2D eigenvalue weighted by molar-refractivity contribution is 6.02. The molecule has 2 aliphatic rings. The molecule has 0 spiro atoms. The molecule has 0 saturated heterocycles. The van der Waals surface area contributed by atoms with E-state index in [0.29, 0.717) is 12.0 Å². The second-order valence-electron chi connectivity index (χ2n) is 6.62. The third-order valence-corrected chi connectivity index (χ3v) is 4.76. The lowest BCUT2D eigenvalue weighted by Crippen LogP contribution is -2.36. The third kappa shape index (κ3) is 2.95. The molecular weight excluding hydrogens is 351 g/mol. The Balaban J connectivity index is 1.62. The van der Waals surface area contributed by atoms with E-state index in [9.17, 15) is 9.18 Å². The van der Waals surface area contributed by atoms with E-state index in [1.165, 1.54) is 30.5 Å². The average molecular weight is 366 g/mol. The van der Waals surface area contributed by atoms with Crippen LogP contribution in [0.2, 0.25) is 0 Å². The minimum atomic E-state index is -0.954. The van der Waals surface area contributed by atoms with Gasteiger partial charge < -0.3 is 15.8 Å². The van der Waals surface area contributed by atoms with Crippen molar-refractivity contribution in [3.05, 3.63) is 53.2 Å². The summed E-state index contributed by atoms with van der Waals surface area (Å²) in [7, 11) is 0.